The number of nitrogens with zero attached hydrogens (tertiary/aromatic N) is 1. The van der Waals surface area contributed by atoms with Crippen LogP contribution in [0.5, 0.6) is 0 Å². The summed E-state index contributed by atoms with van der Waals surface area (Å²) in [6.45, 7) is 3.98. The van der Waals surface area contributed by atoms with E-state index in [1.807, 2.05) is 38.1 Å². The van der Waals surface area contributed by atoms with Crippen LogP contribution < -0.4 is 0 Å². The first-order valence-corrected chi connectivity index (χ1v) is 6.21. The molecule has 0 atom stereocenters. The summed E-state index contributed by atoms with van der Waals surface area (Å²) in [6.07, 6.45) is 0. The van der Waals surface area contributed by atoms with E-state index in [1.165, 1.54) is 0 Å². The summed E-state index contributed by atoms with van der Waals surface area (Å²) < 4.78 is 0. The summed E-state index contributed by atoms with van der Waals surface area (Å²) in [5.41, 5.74) is 1.93. The fourth-order valence-corrected chi connectivity index (χ4v) is 2.96. The smallest absolute Gasteiger partial charge is 0.267 e. The van der Waals surface area contributed by atoms with E-state index >= 15 is 0 Å². The zero-order valence-electron chi connectivity index (χ0n) is 10.2. The summed E-state index contributed by atoms with van der Waals surface area (Å²) in [5, 5.41) is 1.82. The molecule has 0 unspecified atom stereocenters. The van der Waals surface area contributed by atoms with Crippen molar-refractivity contribution >= 4 is 39.0 Å². The lowest BCUT2D eigenvalue weighted by Crippen LogP contribution is -2.29. The maximum absolute atomic E-state index is 11.5. The maximum Gasteiger partial charge on any atom is 0.267 e. The fraction of sp³-hybridized carbons (Fsp3) is 0.200. The normalized spacial score (nSPS) is 16.5. The summed E-state index contributed by atoms with van der Waals surface area (Å²) in [5.74, 6) is 0. The van der Waals surface area contributed by atoms with Gasteiger partial charge in [0, 0.05) is 5.41 Å². The third kappa shape index (κ3) is 1.42. The number of benzene rings is 2. The van der Waals surface area contributed by atoms with Gasteiger partial charge in [-0.2, -0.15) is 0 Å². The molecule has 2 aromatic carbocycles. The molecule has 90 valence electrons. The first kappa shape index (κ1) is 11.4. The minimum absolute atomic E-state index is 0.426. The van der Waals surface area contributed by atoms with E-state index < -0.39 is 10.7 Å². The average molecular weight is 258 g/mol. The van der Waals surface area contributed by atoms with Gasteiger partial charge in [0.15, 0.2) is 0 Å². The van der Waals surface area contributed by atoms with Gasteiger partial charge >= 0.3 is 0 Å². The van der Waals surface area contributed by atoms with E-state index in [4.69, 9.17) is 11.6 Å². The number of aliphatic imine (C=N–C) groups is 1. The first-order chi connectivity index (χ1) is 8.51. The lowest BCUT2D eigenvalue weighted by atomic mass is 9.79. The van der Waals surface area contributed by atoms with E-state index in [9.17, 15) is 4.79 Å². The Morgan fingerprint density at radius 2 is 1.89 bits per heavy atom. The minimum Gasteiger partial charge on any atom is -0.274 e. The molecule has 0 amide bonds. The van der Waals surface area contributed by atoms with Gasteiger partial charge in [-0.1, -0.05) is 30.3 Å². The maximum atomic E-state index is 11.5. The van der Waals surface area contributed by atoms with Gasteiger partial charge in [0.1, 0.15) is 5.71 Å². The largest absolute Gasteiger partial charge is 0.274 e. The molecule has 0 bridgehead atoms. The van der Waals surface area contributed by atoms with Gasteiger partial charge in [0.05, 0.1) is 5.69 Å². The standard InChI is InChI=1S/C15H12ClNO/c1-15(2)12-10-6-4-3-5-9(10)7-8-11(12)17-13(15)14(16)18/h3-8H,1-2H3. The molecule has 0 saturated heterocycles. The molecule has 18 heavy (non-hydrogen) atoms. The van der Waals surface area contributed by atoms with Crippen LogP contribution in [-0.4, -0.2) is 11.0 Å². The van der Waals surface area contributed by atoms with Crippen molar-refractivity contribution in [3.63, 3.8) is 0 Å². The van der Waals surface area contributed by atoms with Crippen LogP contribution >= 0.6 is 11.6 Å². The molecule has 1 aliphatic rings. The number of halogens is 1. The highest BCUT2D eigenvalue weighted by Gasteiger charge is 2.39. The van der Waals surface area contributed by atoms with E-state index in [1.54, 1.807) is 0 Å². The second-order valence-electron chi connectivity index (χ2n) is 5.04. The van der Waals surface area contributed by atoms with Gasteiger partial charge in [-0.25, -0.2) is 4.99 Å². The van der Waals surface area contributed by atoms with E-state index in [-0.39, 0.29) is 0 Å². The molecule has 1 heterocycles. The monoisotopic (exact) mass is 257 g/mol. The average Bonchev–Trinajstić information content (AvgIpc) is 2.61. The quantitative estimate of drug-likeness (QED) is 0.711. The highest BCUT2D eigenvalue weighted by molar-refractivity contribution is 6.83. The zero-order valence-corrected chi connectivity index (χ0v) is 11.0. The Kier molecular flexibility index (Phi) is 2.32. The lowest BCUT2D eigenvalue weighted by Gasteiger charge is -2.21. The van der Waals surface area contributed by atoms with Crippen LogP contribution in [0.25, 0.3) is 10.8 Å². The molecule has 1 aliphatic heterocycles. The number of hydrogen-bond acceptors (Lipinski definition) is 2. The molecule has 0 aliphatic carbocycles. The summed E-state index contributed by atoms with van der Waals surface area (Å²) >= 11 is 5.64. The van der Waals surface area contributed by atoms with Crippen molar-refractivity contribution in [2.24, 2.45) is 4.99 Å². The third-order valence-corrected chi connectivity index (χ3v) is 3.72. The lowest BCUT2D eigenvalue weighted by molar-refractivity contribution is -0.106. The topological polar surface area (TPSA) is 29.4 Å². The molecule has 2 aromatic rings. The van der Waals surface area contributed by atoms with Crippen molar-refractivity contribution in [1.82, 2.24) is 0 Å². The molecule has 0 fully saturated rings. The molecule has 0 saturated carbocycles. The zero-order chi connectivity index (χ0) is 12.9. The molecule has 3 rings (SSSR count). The van der Waals surface area contributed by atoms with E-state index in [0.717, 1.165) is 22.0 Å². The molecule has 3 heteroatoms. The van der Waals surface area contributed by atoms with Gasteiger partial charge < -0.3 is 0 Å². The van der Waals surface area contributed by atoms with Crippen LogP contribution in [0.1, 0.15) is 19.4 Å². The van der Waals surface area contributed by atoms with Gasteiger partial charge in [-0.15, -0.1) is 0 Å². The molecular weight excluding hydrogens is 246 g/mol. The van der Waals surface area contributed by atoms with Crippen LogP contribution in [0, 0.1) is 0 Å². The number of rotatable bonds is 1. The summed E-state index contributed by atoms with van der Waals surface area (Å²) in [4.78, 5) is 15.9. The number of carbonyl (C=O) groups is 1. The Morgan fingerprint density at radius 3 is 2.61 bits per heavy atom. The van der Waals surface area contributed by atoms with Crippen molar-refractivity contribution in [2.75, 3.05) is 0 Å². The second-order valence-corrected chi connectivity index (χ2v) is 5.38. The molecule has 0 radical (unpaired) electrons. The number of fused-ring (bicyclic) bond motifs is 3. The van der Waals surface area contributed by atoms with E-state index in [0.29, 0.717) is 5.71 Å². The predicted octanol–water partition coefficient (Wildman–Crippen LogP) is 3.97. The van der Waals surface area contributed by atoms with Gasteiger partial charge in [0.2, 0.25) is 0 Å². The Bertz CT molecular complexity index is 701. The number of carbonyl (C=O) groups excluding carboxylic acids is 1. The Hall–Kier alpha value is -1.67. The van der Waals surface area contributed by atoms with Crippen LogP contribution in [0.2, 0.25) is 0 Å². The van der Waals surface area contributed by atoms with Crippen LogP contribution in [0.3, 0.4) is 0 Å². The molecule has 0 N–H and O–H groups in total. The third-order valence-electron chi connectivity index (χ3n) is 3.54. The van der Waals surface area contributed by atoms with Crippen molar-refractivity contribution in [3.8, 4) is 0 Å². The van der Waals surface area contributed by atoms with Crippen molar-refractivity contribution in [3.05, 3.63) is 42.0 Å². The molecule has 0 spiro atoms. The van der Waals surface area contributed by atoms with Crippen LogP contribution in [-0.2, 0) is 10.2 Å². The van der Waals surface area contributed by atoms with Crippen LogP contribution in [0.4, 0.5) is 5.69 Å². The predicted molar refractivity (Wildman–Crippen MR) is 74.9 cm³/mol. The van der Waals surface area contributed by atoms with E-state index in [2.05, 4.69) is 17.1 Å². The Labute approximate surface area is 110 Å². The fourth-order valence-electron chi connectivity index (χ4n) is 2.68. The van der Waals surface area contributed by atoms with Gasteiger partial charge in [0.25, 0.3) is 5.24 Å². The molecular formula is C15H12ClNO. The summed E-state index contributed by atoms with van der Waals surface area (Å²) in [7, 11) is 0. The minimum atomic E-state index is -0.472. The van der Waals surface area contributed by atoms with Crippen LogP contribution in [0.15, 0.2) is 41.4 Å². The Balaban J connectivity index is 2.37. The highest BCUT2D eigenvalue weighted by atomic mass is 35.5. The number of hydrogen-bond donors (Lipinski definition) is 0. The van der Waals surface area contributed by atoms with Crippen molar-refractivity contribution < 1.29 is 4.79 Å². The first-order valence-electron chi connectivity index (χ1n) is 5.83. The summed E-state index contributed by atoms with van der Waals surface area (Å²) in [6, 6.07) is 12.1. The van der Waals surface area contributed by atoms with Gasteiger partial charge in [-0.05, 0) is 47.9 Å². The second kappa shape index (κ2) is 3.66. The Morgan fingerprint density at radius 1 is 1.17 bits per heavy atom. The van der Waals surface area contributed by atoms with Crippen molar-refractivity contribution in [2.45, 2.75) is 19.3 Å². The molecule has 2 nitrogen and oxygen atoms in total. The SMILES string of the molecule is CC1(C)C(C(=O)Cl)=Nc2ccc3ccccc3c21. The molecule has 0 aromatic heterocycles. The highest BCUT2D eigenvalue weighted by Crippen LogP contribution is 2.44. The van der Waals surface area contributed by atoms with Crippen molar-refractivity contribution in [1.29, 1.82) is 0 Å². The van der Waals surface area contributed by atoms with Gasteiger partial charge in [-0.3, -0.25) is 4.79 Å².